The smallest absolute Gasteiger partial charge is 0.180 e. The molecule has 2 nitrogen and oxygen atoms in total. The summed E-state index contributed by atoms with van der Waals surface area (Å²) in [6.07, 6.45) is 2.19. The van der Waals surface area contributed by atoms with E-state index in [1.165, 1.54) is 22.3 Å². The zero-order valence-corrected chi connectivity index (χ0v) is 14.5. The Morgan fingerprint density at radius 3 is 2.61 bits per heavy atom. The Hall–Kier alpha value is -1.71. The van der Waals surface area contributed by atoms with Gasteiger partial charge in [-0.25, -0.2) is 0 Å². The number of benzene rings is 1. The number of carbonyl (C=O) groups excluding carboxylic acids is 1. The van der Waals surface area contributed by atoms with Crippen molar-refractivity contribution >= 4 is 22.7 Å². The molecule has 3 heteroatoms. The molecular formula is C20H21NOS. The Morgan fingerprint density at radius 2 is 1.83 bits per heavy atom. The fraction of sp³-hybridized carbons (Fsp3) is 0.350. The molecule has 1 aliphatic heterocycles. The van der Waals surface area contributed by atoms with Gasteiger partial charge in [0.15, 0.2) is 5.78 Å². The van der Waals surface area contributed by atoms with Crippen molar-refractivity contribution in [2.24, 2.45) is 0 Å². The van der Waals surface area contributed by atoms with Crippen molar-refractivity contribution in [2.45, 2.75) is 25.7 Å². The van der Waals surface area contributed by atoms with Crippen LogP contribution in [0.3, 0.4) is 0 Å². The minimum absolute atomic E-state index is 0.0621. The summed E-state index contributed by atoms with van der Waals surface area (Å²) < 4.78 is 0. The van der Waals surface area contributed by atoms with Crippen molar-refractivity contribution < 1.29 is 4.79 Å². The van der Waals surface area contributed by atoms with Crippen LogP contribution in [0.4, 0.5) is 0 Å². The predicted octanol–water partition coefficient (Wildman–Crippen LogP) is 4.58. The SMILES string of the molecule is CC1C(=O)c2sccc2C(=C2CCN(C)CC2)c2ccccc21. The molecule has 0 spiro atoms. The second-order valence-corrected chi connectivity index (χ2v) is 7.53. The van der Waals surface area contributed by atoms with Gasteiger partial charge < -0.3 is 4.90 Å². The monoisotopic (exact) mass is 323 g/mol. The van der Waals surface area contributed by atoms with Crippen LogP contribution in [-0.2, 0) is 0 Å². The largest absolute Gasteiger partial charge is 0.306 e. The van der Waals surface area contributed by atoms with E-state index < -0.39 is 0 Å². The number of nitrogens with zero attached hydrogens (tertiary/aromatic N) is 1. The molecule has 0 saturated carbocycles. The number of fused-ring (bicyclic) bond motifs is 2. The third-order valence-electron chi connectivity index (χ3n) is 5.19. The van der Waals surface area contributed by atoms with Gasteiger partial charge in [-0.2, -0.15) is 0 Å². The molecule has 4 rings (SSSR count). The zero-order chi connectivity index (χ0) is 16.0. The van der Waals surface area contributed by atoms with Gasteiger partial charge in [0.25, 0.3) is 0 Å². The maximum atomic E-state index is 12.9. The first kappa shape index (κ1) is 14.9. The van der Waals surface area contributed by atoms with E-state index in [9.17, 15) is 4.79 Å². The number of hydrogen-bond acceptors (Lipinski definition) is 3. The molecule has 1 atom stereocenters. The van der Waals surface area contributed by atoms with Crippen molar-refractivity contribution in [1.82, 2.24) is 4.90 Å². The molecule has 2 aromatic rings. The molecule has 2 aliphatic rings. The number of thiophene rings is 1. The van der Waals surface area contributed by atoms with Crippen LogP contribution in [0.1, 0.15) is 52.0 Å². The Kier molecular flexibility index (Phi) is 3.70. The molecule has 0 radical (unpaired) electrons. The summed E-state index contributed by atoms with van der Waals surface area (Å²) in [5.74, 6) is 0.207. The van der Waals surface area contributed by atoms with Crippen LogP contribution in [0.5, 0.6) is 0 Å². The second-order valence-electron chi connectivity index (χ2n) is 6.62. The van der Waals surface area contributed by atoms with Crippen LogP contribution in [0.2, 0.25) is 0 Å². The van der Waals surface area contributed by atoms with Gasteiger partial charge in [0.05, 0.1) is 4.88 Å². The van der Waals surface area contributed by atoms with E-state index in [4.69, 9.17) is 0 Å². The molecule has 1 unspecified atom stereocenters. The molecule has 1 aliphatic carbocycles. The normalized spacial score (nSPS) is 21.8. The second kappa shape index (κ2) is 5.73. The molecule has 1 aromatic heterocycles. The summed E-state index contributed by atoms with van der Waals surface area (Å²) in [5, 5.41) is 2.07. The van der Waals surface area contributed by atoms with E-state index in [-0.39, 0.29) is 11.7 Å². The Morgan fingerprint density at radius 1 is 1.09 bits per heavy atom. The van der Waals surface area contributed by atoms with Gasteiger partial charge in [-0.05, 0) is 48.0 Å². The quantitative estimate of drug-likeness (QED) is 0.707. The highest BCUT2D eigenvalue weighted by atomic mass is 32.1. The molecule has 1 fully saturated rings. The molecule has 0 amide bonds. The van der Waals surface area contributed by atoms with E-state index in [2.05, 4.69) is 47.7 Å². The number of hydrogen-bond donors (Lipinski definition) is 0. The predicted molar refractivity (Wildman–Crippen MR) is 96.3 cm³/mol. The first-order valence-electron chi connectivity index (χ1n) is 8.28. The number of likely N-dealkylation sites (tertiary alicyclic amines) is 1. The van der Waals surface area contributed by atoms with Crippen LogP contribution in [0.15, 0.2) is 41.3 Å². The van der Waals surface area contributed by atoms with Crippen molar-refractivity contribution in [2.75, 3.05) is 20.1 Å². The van der Waals surface area contributed by atoms with Crippen LogP contribution >= 0.6 is 11.3 Å². The van der Waals surface area contributed by atoms with Gasteiger partial charge in [-0.3, -0.25) is 4.79 Å². The zero-order valence-electron chi connectivity index (χ0n) is 13.6. The molecule has 0 N–H and O–H groups in total. The number of ketones is 1. The van der Waals surface area contributed by atoms with E-state index >= 15 is 0 Å². The van der Waals surface area contributed by atoms with Crippen LogP contribution < -0.4 is 0 Å². The van der Waals surface area contributed by atoms with E-state index in [0.29, 0.717) is 0 Å². The topological polar surface area (TPSA) is 20.3 Å². The van der Waals surface area contributed by atoms with Crippen LogP contribution in [-0.4, -0.2) is 30.8 Å². The first-order valence-corrected chi connectivity index (χ1v) is 9.16. The van der Waals surface area contributed by atoms with Gasteiger partial charge >= 0.3 is 0 Å². The molecule has 23 heavy (non-hydrogen) atoms. The Balaban J connectivity index is 1.99. The van der Waals surface area contributed by atoms with Gasteiger partial charge in [0.2, 0.25) is 0 Å². The van der Waals surface area contributed by atoms with Crippen molar-refractivity contribution in [3.8, 4) is 0 Å². The van der Waals surface area contributed by atoms with E-state index in [0.717, 1.165) is 36.4 Å². The summed E-state index contributed by atoms with van der Waals surface area (Å²) in [6.45, 7) is 4.25. The summed E-state index contributed by atoms with van der Waals surface area (Å²) in [5.41, 5.74) is 6.46. The lowest BCUT2D eigenvalue weighted by atomic mass is 9.86. The maximum Gasteiger partial charge on any atom is 0.180 e. The lowest BCUT2D eigenvalue weighted by Gasteiger charge is -2.27. The minimum atomic E-state index is -0.0621. The summed E-state index contributed by atoms with van der Waals surface area (Å²) in [4.78, 5) is 16.2. The summed E-state index contributed by atoms with van der Waals surface area (Å²) in [7, 11) is 2.18. The minimum Gasteiger partial charge on any atom is -0.306 e. The molecule has 1 saturated heterocycles. The third kappa shape index (κ3) is 2.39. The third-order valence-corrected chi connectivity index (χ3v) is 6.12. The fourth-order valence-electron chi connectivity index (χ4n) is 3.80. The average Bonchev–Trinajstić information content (AvgIpc) is 3.02. The van der Waals surface area contributed by atoms with Crippen LogP contribution in [0.25, 0.3) is 5.57 Å². The molecule has 2 heterocycles. The fourth-order valence-corrected chi connectivity index (χ4v) is 4.73. The van der Waals surface area contributed by atoms with Crippen molar-refractivity contribution in [3.63, 3.8) is 0 Å². The first-order chi connectivity index (χ1) is 11.2. The van der Waals surface area contributed by atoms with Gasteiger partial charge in [-0.15, -0.1) is 11.3 Å². The molecule has 0 bridgehead atoms. The number of piperidine rings is 1. The summed E-state index contributed by atoms with van der Waals surface area (Å²) in [6, 6.07) is 10.6. The van der Waals surface area contributed by atoms with Crippen molar-refractivity contribution in [1.29, 1.82) is 0 Å². The number of Topliss-reactive ketones (excluding diaryl/α,β-unsaturated/α-hetero) is 1. The lowest BCUT2D eigenvalue weighted by Crippen LogP contribution is -2.27. The van der Waals surface area contributed by atoms with Crippen LogP contribution in [0, 0.1) is 0 Å². The average molecular weight is 323 g/mol. The molecule has 1 aromatic carbocycles. The highest BCUT2D eigenvalue weighted by Crippen LogP contribution is 2.43. The number of carbonyl (C=O) groups is 1. The Bertz CT molecular complexity index is 791. The van der Waals surface area contributed by atoms with Gasteiger partial charge in [-0.1, -0.05) is 36.8 Å². The standard InChI is InChI=1S/C20H21NOS/c1-13-15-5-3-4-6-16(15)18(14-7-10-21(2)11-8-14)17-9-12-23-20(17)19(13)22/h3-6,9,12-13H,7-8,10-11H2,1-2H3. The highest BCUT2D eigenvalue weighted by Gasteiger charge is 2.31. The van der Waals surface area contributed by atoms with E-state index in [1.807, 2.05) is 6.92 Å². The summed E-state index contributed by atoms with van der Waals surface area (Å²) >= 11 is 1.60. The van der Waals surface area contributed by atoms with Gasteiger partial charge in [0.1, 0.15) is 0 Å². The maximum absolute atomic E-state index is 12.9. The lowest BCUT2D eigenvalue weighted by molar-refractivity contribution is 0.0970. The highest BCUT2D eigenvalue weighted by molar-refractivity contribution is 7.12. The molecular weight excluding hydrogens is 302 g/mol. The molecule has 118 valence electrons. The Labute approximate surface area is 141 Å². The van der Waals surface area contributed by atoms with Crippen molar-refractivity contribution in [3.05, 3.63) is 62.9 Å². The number of rotatable bonds is 0. The van der Waals surface area contributed by atoms with Gasteiger partial charge in [0, 0.05) is 24.6 Å². The van der Waals surface area contributed by atoms with E-state index in [1.54, 1.807) is 11.3 Å².